The van der Waals surface area contributed by atoms with E-state index in [1.807, 2.05) is 0 Å². The summed E-state index contributed by atoms with van der Waals surface area (Å²) in [6, 6.07) is 0.878. The molecule has 3 aliphatic rings. The van der Waals surface area contributed by atoms with E-state index in [4.69, 9.17) is 0 Å². The first kappa shape index (κ1) is 17.4. The van der Waals surface area contributed by atoms with Crippen molar-refractivity contribution in [2.24, 2.45) is 5.41 Å². The number of nitrogens with zero attached hydrogens (tertiary/aromatic N) is 7. The number of hydrogen-bond acceptors (Lipinski definition) is 6. The molecule has 1 aromatic rings. The largest absolute Gasteiger partial charge is 0.304 e. The number of aromatic nitrogens is 4. The van der Waals surface area contributed by atoms with Crippen LogP contribution in [0.3, 0.4) is 0 Å². The molecule has 4 rings (SSSR count). The highest BCUT2D eigenvalue weighted by Crippen LogP contribution is 2.38. The standard InChI is InChI=1S/C18H33N7/c1-15(17-19-20-21-25(17)16-4-5-16)24-8-6-18(2,7-9-24)14-23-12-10-22(3)11-13-23/h15-16H,4-14H2,1-3H3/t15-/m0/s1. The molecular weight excluding hydrogens is 314 g/mol. The fourth-order valence-corrected chi connectivity index (χ4v) is 4.37. The maximum atomic E-state index is 4.34. The van der Waals surface area contributed by atoms with Gasteiger partial charge in [-0.2, -0.15) is 0 Å². The van der Waals surface area contributed by atoms with Crippen LogP contribution in [0.1, 0.15) is 57.4 Å². The van der Waals surface area contributed by atoms with Gasteiger partial charge in [-0.25, -0.2) is 4.68 Å². The van der Waals surface area contributed by atoms with Gasteiger partial charge in [0.25, 0.3) is 0 Å². The van der Waals surface area contributed by atoms with Crippen LogP contribution in [0, 0.1) is 5.41 Å². The number of tetrazole rings is 1. The summed E-state index contributed by atoms with van der Waals surface area (Å²) in [5, 5.41) is 12.5. The van der Waals surface area contributed by atoms with E-state index in [1.54, 1.807) is 0 Å². The zero-order valence-electron chi connectivity index (χ0n) is 16.1. The molecule has 0 N–H and O–H groups in total. The molecule has 7 heteroatoms. The van der Waals surface area contributed by atoms with Crippen molar-refractivity contribution in [1.29, 1.82) is 0 Å². The monoisotopic (exact) mass is 347 g/mol. The highest BCUT2D eigenvalue weighted by molar-refractivity contribution is 4.98. The SMILES string of the molecule is C[C@@H](c1nnnn1C1CC1)N1CCC(C)(CN2CCN(C)CC2)CC1. The van der Waals surface area contributed by atoms with Gasteiger partial charge in [-0.1, -0.05) is 6.92 Å². The Morgan fingerprint density at radius 3 is 2.40 bits per heavy atom. The molecule has 0 aromatic carbocycles. The number of likely N-dealkylation sites (N-methyl/N-ethyl adjacent to an activating group) is 1. The first-order chi connectivity index (χ1) is 12.0. The lowest BCUT2D eigenvalue weighted by Crippen LogP contribution is -2.50. The molecule has 7 nitrogen and oxygen atoms in total. The van der Waals surface area contributed by atoms with Gasteiger partial charge in [0.15, 0.2) is 5.82 Å². The van der Waals surface area contributed by atoms with Crippen LogP contribution in [-0.4, -0.2) is 87.8 Å². The number of likely N-dealkylation sites (tertiary alicyclic amines) is 1. The normalized spacial score (nSPS) is 27.5. The lowest BCUT2D eigenvalue weighted by molar-refractivity contribution is 0.0395. The molecule has 1 atom stereocenters. The smallest absolute Gasteiger partial charge is 0.168 e. The summed E-state index contributed by atoms with van der Waals surface area (Å²) >= 11 is 0. The first-order valence-corrected chi connectivity index (χ1v) is 9.97. The number of rotatable bonds is 5. The molecule has 0 spiro atoms. The van der Waals surface area contributed by atoms with Crippen LogP contribution in [0.25, 0.3) is 0 Å². The summed E-state index contributed by atoms with van der Waals surface area (Å²) in [5.41, 5.74) is 0.453. The van der Waals surface area contributed by atoms with Crippen LogP contribution < -0.4 is 0 Å². The van der Waals surface area contributed by atoms with E-state index < -0.39 is 0 Å². The second kappa shape index (κ2) is 6.93. The lowest BCUT2D eigenvalue weighted by Gasteiger charge is -2.45. The molecule has 140 valence electrons. The molecule has 0 radical (unpaired) electrons. The van der Waals surface area contributed by atoms with Crippen LogP contribution in [0.15, 0.2) is 0 Å². The second-order valence-electron chi connectivity index (χ2n) is 8.81. The summed E-state index contributed by atoms with van der Waals surface area (Å²) in [6.45, 7) is 13.2. The molecule has 1 aromatic heterocycles. The zero-order valence-corrected chi connectivity index (χ0v) is 16.1. The minimum atomic E-state index is 0.323. The van der Waals surface area contributed by atoms with Crippen LogP contribution in [0.2, 0.25) is 0 Å². The highest BCUT2D eigenvalue weighted by Gasteiger charge is 2.36. The van der Waals surface area contributed by atoms with E-state index in [9.17, 15) is 0 Å². The Balaban J connectivity index is 1.32. The van der Waals surface area contributed by atoms with Gasteiger partial charge in [0.1, 0.15) is 0 Å². The zero-order chi connectivity index (χ0) is 17.4. The third-order valence-electron chi connectivity index (χ3n) is 6.54. The van der Waals surface area contributed by atoms with Gasteiger partial charge in [-0.15, -0.1) is 5.10 Å². The molecule has 3 heterocycles. The van der Waals surface area contributed by atoms with E-state index in [0.29, 0.717) is 17.5 Å². The van der Waals surface area contributed by atoms with E-state index in [2.05, 4.69) is 55.8 Å². The van der Waals surface area contributed by atoms with Crippen molar-refractivity contribution in [2.75, 3.05) is 52.9 Å². The van der Waals surface area contributed by atoms with Crippen molar-refractivity contribution in [3.8, 4) is 0 Å². The quantitative estimate of drug-likeness (QED) is 0.803. The third kappa shape index (κ3) is 3.88. The van der Waals surface area contributed by atoms with Crippen molar-refractivity contribution in [2.45, 2.75) is 51.6 Å². The molecule has 0 amide bonds. The highest BCUT2D eigenvalue weighted by atomic mass is 15.6. The predicted molar refractivity (Wildman–Crippen MR) is 97.4 cm³/mol. The van der Waals surface area contributed by atoms with Crippen molar-refractivity contribution in [3.63, 3.8) is 0 Å². The molecule has 1 aliphatic carbocycles. The number of hydrogen-bond donors (Lipinski definition) is 0. The molecule has 25 heavy (non-hydrogen) atoms. The van der Waals surface area contributed by atoms with Crippen molar-refractivity contribution in [3.05, 3.63) is 5.82 Å². The molecule has 2 saturated heterocycles. The number of piperazine rings is 1. The third-order valence-corrected chi connectivity index (χ3v) is 6.54. The second-order valence-corrected chi connectivity index (χ2v) is 8.81. The average Bonchev–Trinajstić information content (AvgIpc) is 3.34. The molecule has 1 saturated carbocycles. The van der Waals surface area contributed by atoms with E-state index >= 15 is 0 Å². The van der Waals surface area contributed by atoms with Gasteiger partial charge in [0, 0.05) is 32.7 Å². The van der Waals surface area contributed by atoms with Crippen LogP contribution in [0.4, 0.5) is 0 Å². The summed E-state index contributed by atoms with van der Waals surface area (Å²) in [7, 11) is 2.23. The van der Waals surface area contributed by atoms with E-state index in [1.165, 1.54) is 58.4 Å². The Kier molecular flexibility index (Phi) is 4.81. The lowest BCUT2D eigenvalue weighted by atomic mass is 9.79. The topological polar surface area (TPSA) is 53.3 Å². The number of piperidine rings is 1. The van der Waals surface area contributed by atoms with Gasteiger partial charge < -0.3 is 9.80 Å². The maximum Gasteiger partial charge on any atom is 0.168 e. The molecule has 0 unspecified atom stereocenters. The fraction of sp³-hybridized carbons (Fsp3) is 0.944. The Labute approximate surface area is 151 Å². The van der Waals surface area contributed by atoms with Gasteiger partial charge >= 0.3 is 0 Å². The van der Waals surface area contributed by atoms with Gasteiger partial charge in [-0.3, -0.25) is 4.90 Å². The van der Waals surface area contributed by atoms with Crippen LogP contribution in [-0.2, 0) is 0 Å². The predicted octanol–water partition coefficient (Wildman–Crippen LogP) is 1.42. The minimum Gasteiger partial charge on any atom is -0.304 e. The summed E-state index contributed by atoms with van der Waals surface area (Å²) in [6.07, 6.45) is 5.01. The Morgan fingerprint density at radius 1 is 1.08 bits per heavy atom. The fourth-order valence-electron chi connectivity index (χ4n) is 4.37. The minimum absolute atomic E-state index is 0.323. The van der Waals surface area contributed by atoms with E-state index in [-0.39, 0.29) is 0 Å². The van der Waals surface area contributed by atoms with Crippen molar-refractivity contribution < 1.29 is 0 Å². The van der Waals surface area contributed by atoms with Gasteiger partial charge in [0.2, 0.25) is 0 Å². The van der Waals surface area contributed by atoms with Crippen LogP contribution in [0.5, 0.6) is 0 Å². The molecule has 3 fully saturated rings. The Hall–Kier alpha value is -1.05. The van der Waals surface area contributed by atoms with Crippen LogP contribution >= 0.6 is 0 Å². The summed E-state index contributed by atoms with van der Waals surface area (Å²) in [5.74, 6) is 1.06. The molecular formula is C18H33N7. The first-order valence-electron chi connectivity index (χ1n) is 9.97. The van der Waals surface area contributed by atoms with Gasteiger partial charge in [0.05, 0.1) is 12.1 Å². The molecule has 2 aliphatic heterocycles. The Bertz CT molecular complexity index is 566. The van der Waals surface area contributed by atoms with Crippen molar-refractivity contribution >= 4 is 0 Å². The van der Waals surface area contributed by atoms with Gasteiger partial charge in [-0.05, 0) is 68.6 Å². The average molecular weight is 348 g/mol. The summed E-state index contributed by atoms with van der Waals surface area (Å²) in [4.78, 5) is 7.69. The summed E-state index contributed by atoms with van der Waals surface area (Å²) < 4.78 is 2.07. The maximum absolute atomic E-state index is 4.34. The van der Waals surface area contributed by atoms with Crippen molar-refractivity contribution in [1.82, 2.24) is 34.9 Å². The Morgan fingerprint density at radius 2 is 1.76 bits per heavy atom. The molecule has 0 bridgehead atoms. The van der Waals surface area contributed by atoms with E-state index in [0.717, 1.165) is 18.9 Å².